The molecule has 0 N–H and O–H groups in total. The lowest BCUT2D eigenvalue weighted by atomic mass is 9.96. The first-order valence-corrected chi connectivity index (χ1v) is 12.8. The van der Waals surface area contributed by atoms with Crippen LogP contribution in [-0.2, 0) is 30.8 Å². The molecule has 166 valence electrons. The number of hydrogen-bond acceptors (Lipinski definition) is 6. The molecule has 2 aliphatic heterocycles. The smallest absolute Gasteiger partial charge is 0.310 e. The number of sulfonamides is 1. The summed E-state index contributed by atoms with van der Waals surface area (Å²) in [4.78, 5) is 27.2. The van der Waals surface area contributed by atoms with Gasteiger partial charge in [-0.25, -0.2) is 8.42 Å². The summed E-state index contributed by atoms with van der Waals surface area (Å²) in [5.41, 5.74) is 1.98. The van der Waals surface area contributed by atoms with E-state index in [0.717, 1.165) is 35.4 Å². The zero-order valence-corrected chi connectivity index (χ0v) is 19.0. The first kappa shape index (κ1) is 22.0. The Morgan fingerprint density at radius 1 is 1.16 bits per heavy atom. The number of thiophene rings is 1. The number of esters is 1. The van der Waals surface area contributed by atoms with Crippen LogP contribution in [0, 0.1) is 5.92 Å². The van der Waals surface area contributed by atoms with E-state index < -0.39 is 21.9 Å². The lowest BCUT2D eigenvalue weighted by Crippen LogP contribution is -2.45. The zero-order chi connectivity index (χ0) is 22.0. The normalized spacial score (nSPS) is 22.0. The summed E-state index contributed by atoms with van der Waals surface area (Å²) in [5.74, 6) is -1.34. The van der Waals surface area contributed by atoms with Crippen LogP contribution in [0.1, 0.15) is 31.7 Å². The zero-order valence-electron chi connectivity index (χ0n) is 17.4. The fraction of sp³-hybridized carbons (Fsp3) is 0.455. The number of fused-ring (bicyclic) bond motifs is 1. The van der Waals surface area contributed by atoms with Crippen LogP contribution < -0.4 is 4.90 Å². The molecule has 31 heavy (non-hydrogen) atoms. The summed E-state index contributed by atoms with van der Waals surface area (Å²) < 4.78 is 32.5. The van der Waals surface area contributed by atoms with E-state index >= 15 is 0 Å². The van der Waals surface area contributed by atoms with Crippen molar-refractivity contribution in [2.24, 2.45) is 5.92 Å². The van der Waals surface area contributed by atoms with Gasteiger partial charge in [0, 0.05) is 24.8 Å². The Bertz CT molecular complexity index is 1050. The first-order valence-electron chi connectivity index (χ1n) is 10.5. The van der Waals surface area contributed by atoms with Gasteiger partial charge in [0.15, 0.2) is 6.61 Å². The van der Waals surface area contributed by atoms with Crippen LogP contribution in [0.15, 0.2) is 46.0 Å². The first-order chi connectivity index (χ1) is 14.9. The van der Waals surface area contributed by atoms with Crippen LogP contribution in [0.3, 0.4) is 0 Å². The van der Waals surface area contributed by atoms with E-state index in [1.807, 2.05) is 31.2 Å². The molecule has 2 aromatic rings. The number of amides is 1. The molecule has 2 aliphatic rings. The van der Waals surface area contributed by atoms with E-state index in [-0.39, 0.29) is 29.3 Å². The number of carbonyl (C=O) groups is 2. The minimum atomic E-state index is -3.61. The predicted molar refractivity (Wildman–Crippen MR) is 118 cm³/mol. The van der Waals surface area contributed by atoms with Crippen LogP contribution in [0.5, 0.6) is 0 Å². The predicted octanol–water partition coefficient (Wildman–Crippen LogP) is 3.06. The van der Waals surface area contributed by atoms with Gasteiger partial charge >= 0.3 is 5.97 Å². The van der Waals surface area contributed by atoms with Gasteiger partial charge in [-0.3, -0.25) is 9.59 Å². The van der Waals surface area contributed by atoms with E-state index in [2.05, 4.69) is 0 Å². The topological polar surface area (TPSA) is 84.0 Å². The molecule has 4 rings (SSSR count). The summed E-state index contributed by atoms with van der Waals surface area (Å²) in [6.45, 7) is 2.11. The highest BCUT2D eigenvalue weighted by molar-refractivity contribution is 7.91. The van der Waals surface area contributed by atoms with E-state index in [1.165, 1.54) is 4.31 Å². The Hall–Kier alpha value is -2.23. The standard InChI is InChI=1S/C22H26N2O5S2/c1-16-10-11-17-6-2-3-8-19(17)24(16)20(25)15-29-22(26)18-7-4-12-23(14-18)31(27,28)21-9-5-13-30-21/h2-3,5-6,8-9,13,16,18H,4,7,10-12,14-15H2,1H3. The van der Waals surface area contributed by atoms with Crippen LogP contribution in [0.2, 0.25) is 0 Å². The van der Waals surface area contributed by atoms with Gasteiger partial charge in [0.2, 0.25) is 0 Å². The van der Waals surface area contributed by atoms with Crippen molar-refractivity contribution in [2.75, 3.05) is 24.6 Å². The molecule has 0 spiro atoms. The molecule has 1 amide bonds. The Morgan fingerprint density at radius 3 is 2.74 bits per heavy atom. The van der Waals surface area contributed by atoms with Crippen molar-refractivity contribution < 1.29 is 22.7 Å². The molecule has 2 atom stereocenters. The van der Waals surface area contributed by atoms with Gasteiger partial charge in [0.25, 0.3) is 15.9 Å². The summed E-state index contributed by atoms with van der Waals surface area (Å²) in [5, 5.41) is 1.72. The monoisotopic (exact) mass is 462 g/mol. The summed E-state index contributed by atoms with van der Waals surface area (Å²) in [7, 11) is -3.61. The Labute approximate surface area is 186 Å². The van der Waals surface area contributed by atoms with E-state index in [1.54, 1.807) is 22.4 Å². The molecule has 0 radical (unpaired) electrons. The maximum absolute atomic E-state index is 12.9. The molecular formula is C22H26N2O5S2. The van der Waals surface area contributed by atoms with Gasteiger partial charge in [-0.15, -0.1) is 11.3 Å². The fourth-order valence-corrected chi connectivity index (χ4v) is 6.95. The fourth-order valence-electron chi connectivity index (χ4n) is 4.28. The molecule has 1 aromatic heterocycles. The van der Waals surface area contributed by atoms with Crippen molar-refractivity contribution in [3.63, 3.8) is 0 Å². The third-order valence-electron chi connectivity index (χ3n) is 5.94. The number of rotatable bonds is 5. The molecule has 9 heteroatoms. The highest BCUT2D eigenvalue weighted by Gasteiger charge is 2.35. The minimum absolute atomic E-state index is 0.0298. The number of hydrogen-bond donors (Lipinski definition) is 0. The number of nitrogens with zero attached hydrogens (tertiary/aromatic N) is 2. The van der Waals surface area contributed by atoms with Gasteiger partial charge in [0.1, 0.15) is 4.21 Å². The Morgan fingerprint density at radius 2 is 1.97 bits per heavy atom. The number of anilines is 1. The van der Waals surface area contributed by atoms with Crippen molar-refractivity contribution in [1.82, 2.24) is 4.31 Å². The van der Waals surface area contributed by atoms with Crippen molar-refractivity contribution >= 4 is 38.9 Å². The summed E-state index contributed by atoms with van der Waals surface area (Å²) >= 11 is 1.16. The second-order valence-corrected chi connectivity index (χ2v) is 11.1. The molecule has 1 aromatic carbocycles. The number of carbonyl (C=O) groups excluding carboxylic acids is 2. The van der Waals surface area contributed by atoms with Gasteiger partial charge in [-0.1, -0.05) is 24.3 Å². The van der Waals surface area contributed by atoms with Gasteiger partial charge < -0.3 is 9.64 Å². The highest BCUT2D eigenvalue weighted by atomic mass is 32.2. The number of ether oxygens (including phenoxy) is 1. The summed E-state index contributed by atoms with van der Waals surface area (Å²) in [6, 6.07) is 11.1. The van der Waals surface area contributed by atoms with Crippen molar-refractivity contribution in [3.8, 4) is 0 Å². The average molecular weight is 463 g/mol. The number of aryl methyl sites for hydroxylation is 1. The lowest BCUT2D eigenvalue weighted by molar-refractivity contribution is -0.153. The van der Waals surface area contributed by atoms with Gasteiger partial charge in [0.05, 0.1) is 5.92 Å². The number of piperidine rings is 1. The maximum Gasteiger partial charge on any atom is 0.310 e. The molecule has 3 heterocycles. The van der Waals surface area contributed by atoms with Crippen molar-refractivity contribution in [1.29, 1.82) is 0 Å². The van der Waals surface area contributed by atoms with E-state index in [0.29, 0.717) is 19.4 Å². The second-order valence-electron chi connectivity index (χ2n) is 8.02. The van der Waals surface area contributed by atoms with Crippen molar-refractivity contribution in [3.05, 3.63) is 47.3 Å². The Balaban J connectivity index is 1.38. The summed E-state index contributed by atoms with van der Waals surface area (Å²) in [6.07, 6.45) is 2.90. The SMILES string of the molecule is CC1CCc2ccccc2N1C(=O)COC(=O)C1CCCN(S(=O)(=O)c2cccs2)C1. The van der Waals surface area contributed by atoms with Crippen LogP contribution >= 0.6 is 11.3 Å². The molecule has 1 saturated heterocycles. The van der Waals surface area contributed by atoms with Gasteiger partial charge in [-0.2, -0.15) is 4.31 Å². The molecule has 0 saturated carbocycles. The lowest BCUT2D eigenvalue weighted by Gasteiger charge is -2.35. The second kappa shape index (κ2) is 9.10. The van der Waals surface area contributed by atoms with E-state index in [4.69, 9.17) is 4.74 Å². The molecule has 2 unspecified atom stereocenters. The highest BCUT2D eigenvalue weighted by Crippen LogP contribution is 2.31. The molecule has 0 aliphatic carbocycles. The molecule has 7 nitrogen and oxygen atoms in total. The number of benzene rings is 1. The van der Waals surface area contributed by atoms with Crippen molar-refractivity contribution in [2.45, 2.75) is 42.9 Å². The molecule has 1 fully saturated rings. The maximum atomic E-state index is 12.9. The third-order valence-corrected chi connectivity index (χ3v) is 9.17. The minimum Gasteiger partial charge on any atom is -0.455 e. The average Bonchev–Trinajstić information content (AvgIpc) is 3.33. The quantitative estimate of drug-likeness (QED) is 0.638. The molecule has 0 bridgehead atoms. The molecular weight excluding hydrogens is 436 g/mol. The third kappa shape index (κ3) is 4.53. The van der Waals surface area contributed by atoms with Gasteiger partial charge in [-0.05, 0) is 55.7 Å². The van der Waals surface area contributed by atoms with E-state index in [9.17, 15) is 18.0 Å². The number of para-hydroxylation sites is 1. The largest absolute Gasteiger partial charge is 0.455 e. The Kier molecular flexibility index (Phi) is 6.45. The van der Waals surface area contributed by atoms with Crippen LogP contribution in [-0.4, -0.2) is 50.3 Å². The van der Waals surface area contributed by atoms with Crippen LogP contribution in [0.25, 0.3) is 0 Å². The van der Waals surface area contributed by atoms with Crippen LogP contribution in [0.4, 0.5) is 5.69 Å².